The van der Waals surface area contributed by atoms with Crippen LogP contribution in [0.3, 0.4) is 0 Å². The first-order chi connectivity index (χ1) is 14.6. The maximum absolute atomic E-state index is 9.74. The van der Waals surface area contributed by atoms with Crippen LogP contribution in [0.5, 0.6) is 17.2 Å². The van der Waals surface area contributed by atoms with E-state index in [1.807, 2.05) is 54.6 Å². The number of hydrogen-bond donors (Lipinski definition) is 3. The van der Waals surface area contributed by atoms with E-state index in [4.69, 9.17) is 10.2 Å². The number of halogens is 1. The summed E-state index contributed by atoms with van der Waals surface area (Å²) in [4.78, 5) is 4.27. The number of phenolic OH excluding ortho intramolecular Hbond substituents is 3. The zero-order chi connectivity index (χ0) is 21.6. The van der Waals surface area contributed by atoms with E-state index in [-0.39, 0.29) is 32.0 Å². The Morgan fingerprint density at radius 3 is 1.45 bits per heavy atom. The third-order valence-corrected chi connectivity index (χ3v) is 4.28. The number of phenols is 3. The monoisotopic (exact) mass is 553 g/mol. The summed E-state index contributed by atoms with van der Waals surface area (Å²) in [5, 5.41) is 27.0. The van der Waals surface area contributed by atoms with Gasteiger partial charge in [0.15, 0.2) is 0 Å². The van der Waals surface area contributed by atoms with Gasteiger partial charge in [0.2, 0.25) is 0 Å². The van der Waals surface area contributed by atoms with E-state index in [0.29, 0.717) is 21.5 Å². The van der Waals surface area contributed by atoms with Gasteiger partial charge in [-0.15, -0.1) is 0 Å². The molecule has 0 aromatic heterocycles. The van der Waals surface area contributed by atoms with Gasteiger partial charge in [0, 0.05) is 38.0 Å². The minimum atomic E-state index is 0. The Labute approximate surface area is 209 Å². The molecule has 0 atom stereocenters. The summed E-state index contributed by atoms with van der Waals surface area (Å²) in [5.74, 6) is 0.854. The van der Waals surface area contributed by atoms with Gasteiger partial charge < -0.3 is 15.3 Å². The molecule has 0 heterocycles. The average molecular weight is 556 g/mol. The zero-order valence-electron chi connectivity index (χ0n) is 16.6. The Morgan fingerprint density at radius 2 is 1.03 bits per heavy atom. The second-order valence-corrected chi connectivity index (χ2v) is 6.80. The maximum atomic E-state index is 9.74. The molecule has 0 aliphatic heterocycles. The van der Waals surface area contributed by atoms with Gasteiger partial charge in [0.05, 0.1) is 10.2 Å². The van der Waals surface area contributed by atoms with Crippen molar-refractivity contribution in [3.05, 3.63) is 119 Å². The SMILES string of the molecule is Oc1c(Br)cccc1C=Nc1ccccc1.Oc1ccccc1.Oc1ccccc1.[Zr]. The Morgan fingerprint density at radius 1 is 0.581 bits per heavy atom. The summed E-state index contributed by atoms with van der Waals surface area (Å²) in [7, 11) is 0. The van der Waals surface area contributed by atoms with Crippen LogP contribution in [0.1, 0.15) is 5.56 Å². The standard InChI is InChI=1S/C13H10BrNO.2C6H6O.Zr/c14-12-8-4-5-10(13(12)16)9-15-11-6-2-1-3-7-11;2*7-6-4-2-1-3-5-6;/h1-9,16H;2*1-5,7H;. The molecule has 0 aliphatic rings. The van der Waals surface area contributed by atoms with Gasteiger partial charge in [-0.25, -0.2) is 0 Å². The first-order valence-electron chi connectivity index (χ1n) is 9.11. The quantitative estimate of drug-likeness (QED) is 0.242. The van der Waals surface area contributed by atoms with Crippen LogP contribution in [0.2, 0.25) is 0 Å². The second kappa shape index (κ2) is 15.2. The van der Waals surface area contributed by atoms with Gasteiger partial charge in [0.25, 0.3) is 0 Å². The van der Waals surface area contributed by atoms with Crippen LogP contribution in [0.15, 0.2) is 119 Å². The number of rotatable bonds is 2. The summed E-state index contributed by atoms with van der Waals surface area (Å²) < 4.78 is 0.671. The summed E-state index contributed by atoms with van der Waals surface area (Å²) in [5.41, 5.74) is 1.56. The fourth-order valence-electron chi connectivity index (χ4n) is 2.15. The predicted octanol–water partition coefficient (Wildman–Crippen LogP) is 6.69. The molecule has 4 nitrogen and oxygen atoms in total. The molecule has 0 aliphatic carbocycles. The fourth-order valence-corrected chi connectivity index (χ4v) is 2.53. The summed E-state index contributed by atoms with van der Waals surface area (Å²) >= 11 is 3.26. The predicted molar refractivity (Wildman–Crippen MR) is 126 cm³/mol. The van der Waals surface area contributed by atoms with Crippen LogP contribution in [0, 0.1) is 0 Å². The molecular formula is C25H22BrNO3Zr. The fraction of sp³-hybridized carbons (Fsp3) is 0. The number of para-hydroxylation sites is 4. The molecule has 0 amide bonds. The number of benzene rings is 4. The Hall–Kier alpha value is -2.69. The molecule has 0 fully saturated rings. The number of hydrogen-bond acceptors (Lipinski definition) is 4. The van der Waals surface area contributed by atoms with Crippen LogP contribution in [0.4, 0.5) is 5.69 Å². The van der Waals surface area contributed by atoms with Crippen molar-refractivity contribution in [2.45, 2.75) is 0 Å². The molecule has 0 spiro atoms. The molecule has 4 aromatic rings. The van der Waals surface area contributed by atoms with Gasteiger partial charge >= 0.3 is 0 Å². The van der Waals surface area contributed by atoms with Crippen LogP contribution < -0.4 is 0 Å². The molecule has 31 heavy (non-hydrogen) atoms. The minimum absolute atomic E-state index is 0. The molecule has 0 saturated carbocycles. The van der Waals surface area contributed by atoms with Gasteiger partial charge in [-0.2, -0.15) is 0 Å². The topological polar surface area (TPSA) is 73.1 Å². The summed E-state index contributed by atoms with van der Waals surface area (Å²) in [6, 6.07) is 32.5. The molecule has 0 saturated heterocycles. The first-order valence-corrected chi connectivity index (χ1v) is 9.90. The summed E-state index contributed by atoms with van der Waals surface area (Å²) in [6.07, 6.45) is 1.65. The third-order valence-electron chi connectivity index (χ3n) is 3.64. The maximum Gasteiger partial charge on any atom is 0.138 e. The van der Waals surface area contributed by atoms with E-state index < -0.39 is 0 Å². The zero-order valence-corrected chi connectivity index (χ0v) is 20.7. The third kappa shape index (κ3) is 10.8. The van der Waals surface area contributed by atoms with E-state index in [9.17, 15) is 5.11 Å². The van der Waals surface area contributed by atoms with Crippen molar-refractivity contribution in [3.8, 4) is 17.2 Å². The molecule has 0 unspecified atom stereocenters. The van der Waals surface area contributed by atoms with Crippen molar-refractivity contribution in [2.24, 2.45) is 4.99 Å². The van der Waals surface area contributed by atoms with Gasteiger partial charge in [-0.1, -0.05) is 60.7 Å². The molecule has 0 bridgehead atoms. The number of aromatic hydroxyl groups is 3. The van der Waals surface area contributed by atoms with Gasteiger partial charge in [-0.3, -0.25) is 4.99 Å². The van der Waals surface area contributed by atoms with Crippen LogP contribution in [0.25, 0.3) is 0 Å². The van der Waals surface area contributed by atoms with Crippen LogP contribution in [-0.4, -0.2) is 21.5 Å². The van der Waals surface area contributed by atoms with E-state index in [0.717, 1.165) is 5.69 Å². The molecule has 6 heteroatoms. The minimum Gasteiger partial charge on any atom is -0.508 e. The number of aliphatic imine (C=N–C) groups is 1. The molecule has 0 radical (unpaired) electrons. The average Bonchev–Trinajstić information content (AvgIpc) is 2.77. The molecule has 4 rings (SSSR count). The van der Waals surface area contributed by atoms with E-state index in [2.05, 4.69) is 20.9 Å². The summed E-state index contributed by atoms with van der Waals surface area (Å²) in [6.45, 7) is 0. The van der Waals surface area contributed by atoms with E-state index >= 15 is 0 Å². The van der Waals surface area contributed by atoms with Crippen molar-refractivity contribution in [3.63, 3.8) is 0 Å². The van der Waals surface area contributed by atoms with Crippen molar-refractivity contribution in [2.75, 3.05) is 0 Å². The van der Waals surface area contributed by atoms with Crippen LogP contribution in [-0.2, 0) is 26.2 Å². The second-order valence-electron chi connectivity index (χ2n) is 5.94. The van der Waals surface area contributed by atoms with E-state index in [1.165, 1.54) is 0 Å². The molecular weight excluding hydrogens is 533 g/mol. The molecule has 4 aromatic carbocycles. The van der Waals surface area contributed by atoms with Gasteiger partial charge in [-0.05, 0) is 64.5 Å². The van der Waals surface area contributed by atoms with Crippen molar-refractivity contribution < 1.29 is 41.5 Å². The molecule has 156 valence electrons. The van der Waals surface area contributed by atoms with Crippen molar-refractivity contribution >= 4 is 27.8 Å². The normalized spacial score (nSPS) is 9.45. The van der Waals surface area contributed by atoms with E-state index in [1.54, 1.807) is 60.8 Å². The largest absolute Gasteiger partial charge is 0.508 e. The first kappa shape index (κ1) is 26.3. The Kier molecular flexibility index (Phi) is 12.9. The molecule has 3 N–H and O–H groups in total. The smallest absolute Gasteiger partial charge is 0.138 e. The Bertz CT molecular complexity index is 993. The Balaban J connectivity index is 0.000000266. The van der Waals surface area contributed by atoms with Crippen LogP contribution >= 0.6 is 15.9 Å². The van der Waals surface area contributed by atoms with Crippen molar-refractivity contribution in [1.29, 1.82) is 0 Å². The van der Waals surface area contributed by atoms with Gasteiger partial charge in [0.1, 0.15) is 17.2 Å². The number of nitrogens with zero attached hydrogens (tertiary/aromatic N) is 1. The van der Waals surface area contributed by atoms with Crippen molar-refractivity contribution in [1.82, 2.24) is 0 Å².